The van der Waals surface area contributed by atoms with Crippen molar-refractivity contribution < 1.29 is 4.79 Å². The monoisotopic (exact) mass is 141 g/mol. The van der Waals surface area contributed by atoms with Crippen molar-refractivity contribution in [3.05, 3.63) is 11.6 Å². The number of carbonyl (C=O) groups is 1. The van der Waals surface area contributed by atoms with Crippen LogP contribution in [-0.4, -0.2) is 12.5 Å². The molecule has 0 aliphatic heterocycles. The first kappa shape index (κ1) is 9.21. The van der Waals surface area contributed by atoms with Gasteiger partial charge >= 0.3 is 0 Å². The van der Waals surface area contributed by atoms with Crippen molar-refractivity contribution in [2.24, 2.45) is 0 Å². The zero-order valence-corrected chi connectivity index (χ0v) is 6.90. The van der Waals surface area contributed by atoms with Crippen LogP contribution in [0, 0.1) is 0 Å². The van der Waals surface area contributed by atoms with Crippen LogP contribution in [0.3, 0.4) is 0 Å². The molecule has 0 saturated heterocycles. The van der Waals surface area contributed by atoms with Gasteiger partial charge in [0.25, 0.3) is 0 Å². The Morgan fingerprint density at radius 1 is 1.60 bits per heavy atom. The van der Waals surface area contributed by atoms with E-state index in [-0.39, 0.29) is 5.91 Å². The molecule has 0 atom stereocenters. The van der Waals surface area contributed by atoms with E-state index in [1.54, 1.807) is 0 Å². The van der Waals surface area contributed by atoms with Gasteiger partial charge in [-0.15, -0.1) is 0 Å². The zero-order chi connectivity index (χ0) is 7.98. The van der Waals surface area contributed by atoms with Gasteiger partial charge in [-0.1, -0.05) is 18.6 Å². The summed E-state index contributed by atoms with van der Waals surface area (Å²) in [5.74, 6) is 0.112. The quantitative estimate of drug-likeness (QED) is 0.592. The Morgan fingerprint density at radius 3 is 2.60 bits per heavy atom. The number of carbonyl (C=O) groups excluding carboxylic acids is 1. The van der Waals surface area contributed by atoms with Crippen LogP contribution < -0.4 is 5.32 Å². The lowest BCUT2D eigenvalue weighted by molar-refractivity contribution is -0.120. The molecule has 10 heavy (non-hydrogen) atoms. The van der Waals surface area contributed by atoms with E-state index in [0.717, 1.165) is 0 Å². The summed E-state index contributed by atoms with van der Waals surface area (Å²) in [7, 11) is 0. The molecule has 0 aromatic heterocycles. The number of hydrogen-bond acceptors (Lipinski definition) is 1. The average Bonchev–Trinajstić information content (AvgIpc) is 1.99. The maximum atomic E-state index is 10.7. The molecule has 0 aromatic carbocycles. The highest BCUT2D eigenvalue weighted by Gasteiger charge is 1.93. The molecule has 0 rings (SSSR count). The molecule has 2 heteroatoms. The summed E-state index contributed by atoms with van der Waals surface area (Å²) < 4.78 is 0. The SMILES string of the molecule is C/C=C(\C)CNC(=O)CC. The van der Waals surface area contributed by atoms with E-state index in [9.17, 15) is 4.79 Å². The van der Waals surface area contributed by atoms with E-state index in [2.05, 4.69) is 5.32 Å². The van der Waals surface area contributed by atoms with Crippen molar-refractivity contribution in [3.63, 3.8) is 0 Å². The van der Waals surface area contributed by atoms with Gasteiger partial charge in [0.2, 0.25) is 5.91 Å². The minimum Gasteiger partial charge on any atom is -0.352 e. The third-order valence-electron chi connectivity index (χ3n) is 1.38. The van der Waals surface area contributed by atoms with Crippen molar-refractivity contribution in [1.82, 2.24) is 5.32 Å². The van der Waals surface area contributed by atoms with Crippen LogP contribution in [0.4, 0.5) is 0 Å². The summed E-state index contributed by atoms with van der Waals surface area (Å²) >= 11 is 0. The first-order valence-electron chi connectivity index (χ1n) is 3.59. The highest BCUT2D eigenvalue weighted by molar-refractivity contribution is 5.75. The van der Waals surface area contributed by atoms with Crippen molar-refractivity contribution in [3.8, 4) is 0 Å². The minimum atomic E-state index is 0.112. The molecule has 1 N–H and O–H groups in total. The van der Waals surface area contributed by atoms with Gasteiger partial charge in [0.15, 0.2) is 0 Å². The molecule has 0 aromatic rings. The Labute approximate surface area is 62.3 Å². The molecule has 0 aliphatic rings. The van der Waals surface area contributed by atoms with Crippen molar-refractivity contribution in [2.45, 2.75) is 27.2 Å². The van der Waals surface area contributed by atoms with Crippen LogP contribution in [0.5, 0.6) is 0 Å². The van der Waals surface area contributed by atoms with Gasteiger partial charge in [0.1, 0.15) is 0 Å². The molecular weight excluding hydrogens is 126 g/mol. The number of allylic oxidation sites excluding steroid dienone is 1. The predicted octanol–water partition coefficient (Wildman–Crippen LogP) is 1.48. The first-order valence-corrected chi connectivity index (χ1v) is 3.59. The molecule has 0 saturated carbocycles. The predicted molar refractivity (Wildman–Crippen MR) is 42.7 cm³/mol. The Hall–Kier alpha value is -0.790. The summed E-state index contributed by atoms with van der Waals surface area (Å²) in [6.45, 7) is 6.49. The lowest BCUT2D eigenvalue weighted by Gasteiger charge is -2.01. The molecule has 1 amide bonds. The topological polar surface area (TPSA) is 29.1 Å². The molecular formula is C8H15NO. The highest BCUT2D eigenvalue weighted by Crippen LogP contribution is 1.87. The molecule has 0 aliphatic carbocycles. The van der Waals surface area contributed by atoms with Crippen LogP contribution in [0.1, 0.15) is 27.2 Å². The first-order chi connectivity index (χ1) is 4.70. The lowest BCUT2D eigenvalue weighted by atomic mass is 10.3. The summed E-state index contributed by atoms with van der Waals surface area (Å²) in [6, 6.07) is 0. The number of rotatable bonds is 3. The summed E-state index contributed by atoms with van der Waals surface area (Å²) in [6.07, 6.45) is 2.56. The Bertz CT molecular complexity index is 138. The minimum absolute atomic E-state index is 0.112. The second kappa shape index (κ2) is 5.03. The van der Waals surface area contributed by atoms with E-state index >= 15 is 0 Å². The average molecular weight is 141 g/mol. The van der Waals surface area contributed by atoms with Crippen LogP contribution in [-0.2, 0) is 4.79 Å². The standard InChI is InChI=1S/C8H15NO/c1-4-7(3)6-9-8(10)5-2/h4H,5-6H2,1-3H3,(H,9,10)/b7-4+. The molecule has 0 unspecified atom stereocenters. The van der Waals surface area contributed by atoms with E-state index in [1.807, 2.05) is 26.8 Å². The van der Waals surface area contributed by atoms with Crippen molar-refractivity contribution in [2.75, 3.05) is 6.54 Å². The maximum Gasteiger partial charge on any atom is 0.219 e. The van der Waals surface area contributed by atoms with Gasteiger partial charge in [0, 0.05) is 13.0 Å². The second-order valence-corrected chi connectivity index (χ2v) is 2.27. The zero-order valence-electron chi connectivity index (χ0n) is 6.90. The maximum absolute atomic E-state index is 10.7. The van der Waals surface area contributed by atoms with Crippen LogP contribution in [0.15, 0.2) is 11.6 Å². The van der Waals surface area contributed by atoms with Crippen LogP contribution in [0.2, 0.25) is 0 Å². The molecule has 2 nitrogen and oxygen atoms in total. The lowest BCUT2D eigenvalue weighted by Crippen LogP contribution is -2.23. The Balaban J connectivity index is 3.45. The molecule has 0 spiro atoms. The van der Waals surface area contributed by atoms with Crippen molar-refractivity contribution >= 4 is 5.91 Å². The van der Waals surface area contributed by atoms with Gasteiger partial charge in [0.05, 0.1) is 0 Å². The molecule has 58 valence electrons. The molecule has 0 heterocycles. The van der Waals surface area contributed by atoms with E-state index in [4.69, 9.17) is 0 Å². The largest absolute Gasteiger partial charge is 0.352 e. The highest BCUT2D eigenvalue weighted by atomic mass is 16.1. The van der Waals surface area contributed by atoms with Gasteiger partial charge < -0.3 is 5.32 Å². The van der Waals surface area contributed by atoms with Gasteiger partial charge in [-0.25, -0.2) is 0 Å². The van der Waals surface area contributed by atoms with Crippen LogP contribution in [0.25, 0.3) is 0 Å². The summed E-state index contributed by atoms with van der Waals surface area (Å²) in [5.41, 5.74) is 1.20. The second-order valence-electron chi connectivity index (χ2n) is 2.27. The Kier molecular flexibility index (Phi) is 4.63. The third-order valence-corrected chi connectivity index (χ3v) is 1.38. The molecule has 0 fully saturated rings. The van der Waals surface area contributed by atoms with Gasteiger partial charge in [-0.05, 0) is 13.8 Å². The normalized spacial score (nSPS) is 11.3. The fourth-order valence-electron chi connectivity index (χ4n) is 0.465. The van der Waals surface area contributed by atoms with Crippen LogP contribution >= 0.6 is 0 Å². The Morgan fingerprint density at radius 2 is 2.20 bits per heavy atom. The van der Waals surface area contributed by atoms with E-state index < -0.39 is 0 Å². The fraction of sp³-hybridized carbons (Fsp3) is 0.625. The molecule has 0 bridgehead atoms. The summed E-state index contributed by atoms with van der Waals surface area (Å²) in [4.78, 5) is 10.7. The van der Waals surface area contributed by atoms with Gasteiger partial charge in [-0.2, -0.15) is 0 Å². The number of nitrogens with one attached hydrogen (secondary N) is 1. The van der Waals surface area contributed by atoms with Gasteiger partial charge in [-0.3, -0.25) is 4.79 Å². The van der Waals surface area contributed by atoms with E-state index in [0.29, 0.717) is 13.0 Å². The smallest absolute Gasteiger partial charge is 0.219 e. The number of hydrogen-bond donors (Lipinski definition) is 1. The summed E-state index contributed by atoms with van der Waals surface area (Å²) in [5, 5.41) is 2.78. The van der Waals surface area contributed by atoms with E-state index in [1.165, 1.54) is 5.57 Å². The number of amides is 1. The fourth-order valence-corrected chi connectivity index (χ4v) is 0.465. The van der Waals surface area contributed by atoms with Crippen molar-refractivity contribution in [1.29, 1.82) is 0 Å². The third kappa shape index (κ3) is 4.13. The molecule has 0 radical (unpaired) electrons.